The lowest BCUT2D eigenvalue weighted by Gasteiger charge is -2.18. The Morgan fingerprint density at radius 2 is 2.20 bits per heavy atom. The Morgan fingerprint density at radius 3 is 3.00 bits per heavy atom. The number of ether oxygens (including phenoxy) is 1. The van der Waals surface area contributed by atoms with Crippen molar-refractivity contribution in [1.82, 2.24) is 4.90 Å². The fraction of sp³-hybridized carbons (Fsp3) is 0.357. The van der Waals surface area contributed by atoms with Crippen LogP contribution in [0, 0.1) is 0 Å². The number of nitrogen functional groups attached to an aromatic ring is 1. The Morgan fingerprint density at radius 1 is 1.35 bits per heavy atom. The monoisotopic (exact) mass is 310 g/mol. The smallest absolute Gasteiger partial charge is 0.266 e. The van der Waals surface area contributed by atoms with Gasteiger partial charge in [-0.2, -0.15) is 0 Å². The maximum absolute atomic E-state index is 12.6. The molecule has 3 rings (SSSR count). The third-order valence-electron chi connectivity index (χ3n) is 3.41. The number of anilines is 1. The number of thiophene rings is 1. The Kier molecular flexibility index (Phi) is 3.83. The number of carbonyl (C=O) groups is 1. The van der Waals surface area contributed by atoms with E-state index in [2.05, 4.69) is 0 Å². The second kappa shape index (κ2) is 5.60. The summed E-state index contributed by atoms with van der Waals surface area (Å²) < 4.78 is 6.32. The average molecular weight is 311 g/mol. The molecule has 106 valence electrons. The van der Waals surface area contributed by atoms with E-state index in [9.17, 15) is 4.79 Å². The zero-order chi connectivity index (χ0) is 14.1. The van der Waals surface area contributed by atoms with Gasteiger partial charge < -0.3 is 15.4 Å². The van der Waals surface area contributed by atoms with E-state index in [0.717, 1.165) is 16.5 Å². The van der Waals surface area contributed by atoms with Gasteiger partial charge in [0.05, 0.1) is 17.3 Å². The van der Waals surface area contributed by atoms with Gasteiger partial charge in [0.15, 0.2) is 0 Å². The second-order valence-corrected chi connectivity index (χ2v) is 6.18. The average Bonchev–Trinajstić information content (AvgIpc) is 2.65. The first-order valence-electron chi connectivity index (χ1n) is 6.52. The molecule has 1 saturated heterocycles. The van der Waals surface area contributed by atoms with Gasteiger partial charge in [0.25, 0.3) is 5.91 Å². The van der Waals surface area contributed by atoms with E-state index in [1.807, 2.05) is 17.0 Å². The van der Waals surface area contributed by atoms with Gasteiger partial charge in [0, 0.05) is 29.8 Å². The summed E-state index contributed by atoms with van der Waals surface area (Å²) in [4.78, 5) is 15.0. The fourth-order valence-corrected chi connectivity index (χ4v) is 3.83. The molecule has 2 N–H and O–H groups in total. The molecule has 0 atom stereocenters. The minimum Gasteiger partial charge on any atom is -0.397 e. The Bertz CT molecular complexity index is 648. The zero-order valence-corrected chi connectivity index (χ0v) is 12.5. The Balaban J connectivity index is 1.99. The van der Waals surface area contributed by atoms with Crippen molar-refractivity contribution in [2.24, 2.45) is 0 Å². The molecule has 20 heavy (non-hydrogen) atoms. The van der Waals surface area contributed by atoms with Crippen LogP contribution in [0.5, 0.6) is 0 Å². The summed E-state index contributed by atoms with van der Waals surface area (Å²) in [7, 11) is 0. The van der Waals surface area contributed by atoms with Crippen LogP contribution in [0.1, 0.15) is 16.1 Å². The highest BCUT2D eigenvalue weighted by Gasteiger charge is 2.23. The van der Waals surface area contributed by atoms with Gasteiger partial charge in [-0.25, -0.2) is 0 Å². The maximum atomic E-state index is 12.6. The molecule has 1 aliphatic rings. The number of hydrogen-bond donors (Lipinski definition) is 1. The molecule has 2 aromatic rings. The van der Waals surface area contributed by atoms with Gasteiger partial charge in [-0.3, -0.25) is 4.79 Å². The second-order valence-electron chi connectivity index (χ2n) is 4.72. The third-order valence-corrected chi connectivity index (χ3v) is 4.88. The summed E-state index contributed by atoms with van der Waals surface area (Å²) in [6, 6.07) is 5.60. The number of benzene rings is 1. The first-order valence-corrected chi connectivity index (χ1v) is 7.71. The fourth-order valence-electron chi connectivity index (χ4n) is 2.38. The van der Waals surface area contributed by atoms with Crippen LogP contribution >= 0.6 is 22.9 Å². The summed E-state index contributed by atoms with van der Waals surface area (Å²) in [6.45, 7) is 2.61. The predicted molar refractivity (Wildman–Crippen MR) is 82.6 cm³/mol. The maximum Gasteiger partial charge on any atom is 0.266 e. The van der Waals surface area contributed by atoms with Crippen LogP contribution in [0.2, 0.25) is 5.02 Å². The molecule has 1 aromatic carbocycles. The van der Waals surface area contributed by atoms with E-state index >= 15 is 0 Å². The van der Waals surface area contributed by atoms with Crippen molar-refractivity contribution in [3.05, 3.63) is 28.1 Å². The van der Waals surface area contributed by atoms with Crippen LogP contribution < -0.4 is 5.73 Å². The van der Waals surface area contributed by atoms with Gasteiger partial charge >= 0.3 is 0 Å². The Hall–Kier alpha value is -1.30. The molecule has 0 spiro atoms. The summed E-state index contributed by atoms with van der Waals surface area (Å²) in [5.74, 6) is -0.0229. The highest BCUT2D eigenvalue weighted by molar-refractivity contribution is 7.21. The molecule has 1 aliphatic heterocycles. The molecule has 0 radical (unpaired) electrons. The van der Waals surface area contributed by atoms with Crippen LogP contribution in [-0.2, 0) is 4.74 Å². The summed E-state index contributed by atoms with van der Waals surface area (Å²) in [5, 5.41) is 1.38. The lowest BCUT2D eigenvalue weighted by atomic mass is 10.2. The molecular formula is C14H15ClN2O2S. The largest absolute Gasteiger partial charge is 0.397 e. The van der Waals surface area contributed by atoms with Crippen LogP contribution in [0.25, 0.3) is 10.1 Å². The van der Waals surface area contributed by atoms with E-state index in [1.54, 1.807) is 6.07 Å². The number of nitrogens with zero attached hydrogens (tertiary/aromatic N) is 1. The predicted octanol–water partition coefficient (Wildman–Crippen LogP) is 3.00. The lowest BCUT2D eigenvalue weighted by molar-refractivity contribution is 0.0747. The van der Waals surface area contributed by atoms with Crippen molar-refractivity contribution in [3.8, 4) is 0 Å². The van der Waals surface area contributed by atoms with E-state index in [-0.39, 0.29) is 5.91 Å². The minimum atomic E-state index is -0.0229. The zero-order valence-electron chi connectivity index (χ0n) is 10.9. The van der Waals surface area contributed by atoms with Gasteiger partial charge in [-0.15, -0.1) is 11.3 Å². The molecule has 0 aliphatic carbocycles. The quantitative estimate of drug-likeness (QED) is 0.881. The van der Waals surface area contributed by atoms with E-state index < -0.39 is 0 Å². The van der Waals surface area contributed by atoms with Crippen LogP contribution in [0.15, 0.2) is 18.2 Å². The molecule has 2 heterocycles. The molecule has 4 nitrogen and oxygen atoms in total. The summed E-state index contributed by atoms with van der Waals surface area (Å²) in [5.41, 5.74) is 6.63. The standard InChI is InChI=1S/C14H15ClN2O2S/c15-9-3-1-4-10-11(9)12(16)13(20-10)14(18)17-5-2-7-19-8-6-17/h1,3-4H,2,5-8,16H2. The van der Waals surface area contributed by atoms with Gasteiger partial charge in [-0.1, -0.05) is 17.7 Å². The lowest BCUT2D eigenvalue weighted by Crippen LogP contribution is -2.33. The highest BCUT2D eigenvalue weighted by Crippen LogP contribution is 2.38. The van der Waals surface area contributed by atoms with Crippen LogP contribution in [0.4, 0.5) is 5.69 Å². The number of halogens is 1. The van der Waals surface area contributed by atoms with Crippen molar-refractivity contribution < 1.29 is 9.53 Å². The number of nitrogens with two attached hydrogens (primary N) is 1. The van der Waals surface area contributed by atoms with Crippen molar-refractivity contribution >= 4 is 44.6 Å². The molecule has 0 saturated carbocycles. The molecule has 6 heteroatoms. The minimum absolute atomic E-state index is 0.0229. The first kappa shape index (κ1) is 13.7. The topological polar surface area (TPSA) is 55.6 Å². The van der Waals surface area contributed by atoms with E-state index in [0.29, 0.717) is 41.9 Å². The van der Waals surface area contributed by atoms with Crippen molar-refractivity contribution in [1.29, 1.82) is 0 Å². The number of fused-ring (bicyclic) bond motifs is 1. The third kappa shape index (κ3) is 2.37. The molecule has 1 aromatic heterocycles. The number of amides is 1. The molecule has 1 amide bonds. The molecule has 1 fully saturated rings. The van der Waals surface area contributed by atoms with Gasteiger partial charge in [0.1, 0.15) is 4.88 Å². The van der Waals surface area contributed by atoms with Crippen molar-refractivity contribution in [3.63, 3.8) is 0 Å². The number of carbonyl (C=O) groups excluding carboxylic acids is 1. The van der Waals surface area contributed by atoms with Crippen LogP contribution in [-0.4, -0.2) is 37.1 Å². The molecule has 0 unspecified atom stereocenters. The van der Waals surface area contributed by atoms with Crippen molar-refractivity contribution in [2.75, 3.05) is 32.0 Å². The first-order chi connectivity index (χ1) is 9.68. The van der Waals surface area contributed by atoms with Crippen LogP contribution in [0.3, 0.4) is 0 Å². The highest BCUT2D eigenvalue weighted by atomic mass is 35.5. The van der Waals surface area contributed by atoms with Gasteiger partial charge in [-0.05, 0) is 18.6 Å². The summed E-state index contributed by atoms with van der Waals surface area (Å²) in [6.07, 6.45) is 0.858. The van der Waals surface area contributed by atoms with E-state index in [4.69, 9.17) is 22.1 Å². The Labute approximate surface area is 126 Å². The normalized spacial score (nSPS) is 16.4. The number of hydrogen-bond acceptors (Lipinski definition) is 4. The molecule has 0 bridgehead atoms. The van der Waals surface area contributed by atoms with E-state index in [1.165, 1.54) is 11.3 Å². The molecular weight excluding hydrogens is 296 g/mol. The van der Waals surface area contributed by atoms with Crippen molar-refractivity contribution in [2.45, 2.75) is 6.42 Å². The summed E-state index contributed by atoms with van der Waals surface area (Å²) >= 11 is 7.58. The van der Waals surface area contributed by atoms with Gasteiger partial charge in [0.2, 0.25) is 0 Å². The number of rotatable bonds is 1. The SMILES string of the molecule is Nc1c(C(=O)N2CCCOCC2)sc2cccc(Cl)c12.